The Morgan fingerprint density at radius 3 is 2.22 bits per heavy atom. The van der Waals surface area contributed by atoms with Crippen molar-refractivity contribution in [3.05, 3.63) is 0 Å². The molecule has 0 aromatic rings. The number of carbonyl (C=O) groups excluding carboxylic acids is 2. The van der Waals surface area contributed by atoms with Gasteiger partial charge in [-0.05, 0) is 0 Å². The van der Waals surface area contributed by atoms with Crippen LogP contribution in [-0.2, 0) is 4.79 Å². The number of amides is 3. The molecule has 0 aromatic heterocycles. The molecule has 6 heteroatoms. The predicted molar refractivity (Wildman–Crippen MR) is 37.1 cm³/mol. The number of imide groups is 1. The van der Waals surface area contributed by atoms with Crippen molar-refractivity contribution in [1.29, 1.82) is 0 Å². The van der Waals surface area contributed by atoms with E-state index < -0.39 is 17.3 Å². The topological polar surface area (TPSA) is 49.4 Å². The van der Waals surface area contributed by atoms with Crippen molar-refractivity contribution in [2.75, 3.05) is 0 Å². The van der Waals surface area contributed by atoms with Crippen molar-refractivity contribution in [2.24, 2.45) is 0 Å². The first-order chi connectivity index (χ1) is 4.13. The Labute approximate surface area is 62.5 Å². The minimum absolute atomic E-state index is 0.432. The third-order valence-electron chi connectivity index (χ3n) is 0.904. The third-order valence-corrected chi connectivity index (χ3v) is 1.96. The molecule has 1 aliphatic rings. The van der Waals surface area contributed by atoms with Gasteiger partial charge in [0.1, 0.15) is 0 Å². The van der Waals surface area contributed by atoms with Crippen LogP contribution in [-0.4, -0.2) is 21.6 Å². The van der Waals surface area contributed by atoms with Gasteiger partial charge < -0.3 is 0 Å². The van der Waals surface area contributed by atoms with Crippen molar-refractivity contribution in [3.8, 4) is 0 Å². The third kappa shape index (κ3) is 0.994. The summed E-state index contributed by atoms with van der Waals surface area (Å²) < 4.78 is 0.922. The Morgan fingerprint density at radius 2 is 2.11 bits per heavy atom. The van der Waals surface area contributed by atoms with Crippen molar-refractivity contribution in [1.82, 2.24) is 9.62 Å². The van der Waals surface area contributed by atoms with Crippen LogP contribution in [0.5, 0.6) is 0 Å². The zero-order valence-corrected chi connectivity index (χ0v) is 6.02. The molecular weight excluding hydrogens is 160 g/mol. The van der Waals surface area contributed by atoms with Crippen LogP contribution < -0.4 is 5.32 Å². The maximum atomic E-state index is 10.5. The molecule has 1 aliphatic heterocycles. The number of nitrogens with zero attached hydrogens (tertiary/aromatic N) is 1. The summed E-state index contributed by atoms with van der Waals surface area (Å²) in [5, 5.41) is 1.26. The molecular formula is C3H4N2O2S2. The largest absolute Gasteiger partial charge is 0.335 e. The summed E-state index contributed by atoms with van der Waals surface area (Å²) in [6, 6.07) is -0.525. The van der Waals surface area contributed by atoms with Gasteiger partial charge in [-0.3, -0.25) is 10.1 Å². The fourth-order valence-corrected chi connectivity index (χ4v) is 0.774. The van der Waals surface area contributed by atoms with Gasteiger partial charge in [-0.25, -0.2) is 9.10 Å². The molecule has 50 valence electrons. The second kappa shape index (κ2) is 2.11. The Balaban J connectivity index is 2.77. The Kier molecular flexibility index (Phi) is 1.58. The Bertz CT molecular complexity index is 153. The molecule has 0 aliphatic carbocycles. The molecule has 0 saturated carbocycles. The van der Waals surface area contributed by atoms with E-state index in [1.807, 2.05) is 5.32 Å². The summed E-state index contributed by atoms with van der Waals surface area (Å²) in [4.78, 5) is 21.0. The van der Waals surface area contributed by atoms with Crippen molar-refractivity contribution >= 4 is 37.4 Å². The average Bonchev–Trinajstić information content (AvgIpc) is 1.98. The lowest BCUT2D eigenvalue weighted by atomic mass is 10.6. The quantitative estimate of drug-likeness (QED) is 0.338. The Hall–Kier alpha value is -0.360. The highest BCUT2D eigenvalue weighted by Gasteiger charge is 2.33. The van der Waals surface area contributed by atoms with Crippen LogP contribution in [0.3, 0.4) is 0 Å². The molecule has 1 heterocycles. The normalized spacial score (nSPS) is 26.9. The van der Waals surface area contributed by atoms with Crippen LogP contribution >= 0.6 is 25.4 Å². The van der Waals surface area contributed by atoms with E-state index in [-0.39, 0.29) is 0 Å². The number of nitrogens with one attached hydrogen (secondary N) is 1. The van der Waals surface area contributed by atoms with Crippen LogP contribution in [0.25, 0.3) is 0 Å². The number of hydrogen-bond donors (Lipinski definition) is 3. The lowest BCUT2D eigenvalue weighted by molar-refractivity contribution is -0.118. The van der Waals surface area contributed by atoms with E-state index in [2.05, 4.69) is 25.4 Å². The van der Waals surface area contributed by atoms with Crippen molar-refractivity contribution < 1.29 is 9.59 Å². The standard InChI is InChI=1S/C3H4N2O2S2/c6-1-2(8)5(9)3(7)4-1/h2,8-9H,(H,4,6,7). The van der Waals surface area contributed by atoms with Crippen LogP contribution in [0.1, 0.15) is 0 Å². The SMILES string of the molecule is O=C1NC(=O)N(S)C1S. The smallest absolute Gasteiger partial charge is 0.275 e. The maximum Gasteiger partial charge on any atom is 0.335 e. The summed E-state index contributed by atoms with van der Waals surface area (Å²) in [7, 11) is 0. The molecule has 1 N–H and O–H groups in total. The molecule has 1 rings (SSSR count). The number of urea groups is 1. The predicted octanol–water partition coefficient (Wildman–Crippen LogP) is -0.361. The lowest BCUT2D eigenvalue weighted by Crippen LogP contribution is -2.21. The summed E-state index contributed by atoms with van der Waals surface area (Å²) >= 11 is 7.42. The zero-order valence-electron chi connectivity index (χ0n) is 4.24. The van der Waals surface area contributed by atoms with Gasteiger partial charge in [0.25, 0.3) is 5.91 Å². The van der Waals surface area contributed by atoms with Crippen molar-refractivity contribution in [2.45, 2.75) is 5.37 Å². The molecule has 4 nitrogen and oxygen atoms in total. The van der Waals surface area contributed by atoms with E-state index in [1.165, 1.54) is 0 Å². The highest BCUT2D eigenvalue weighted by Crippen LogP contribution is 2.12. The van der Waals surface area contributed by atoms with Crippen LogP contribution in [0.15, 0.2) is 0 Å². The van der Waals surface area contributed by atoms with Gasteiger partial charge in [0.05, 0.1) is 0 Å². The first kappa shape index (κ1) is 6.76. The number of thiol groups is 2. The molecule has 0 radical (unpaired) electrons. The molecule has 1 saturated heterocycles. The average molecular weight is 164 g/mol. The van der Waals surface area contributed by atoms with E-state index >= 15 is 0 Å². The zero-order chi connectivity index (χ0) is 7.02. The second-order valence-electron chi connectivity index (χ2n) is 1.51. The summed E-state index contributed by atoms with van der Waals surface area (Å²) in [5.74, 6) is -0.432. The van der Waals surface area contributed by atoms with Gasteiger partial charge in [0.2, 0.25) is 0 Å². The van der Waals surface area contributed by atoms with E-state index in [0.717, 1.165) is 4.31 Å². The van der Waals surface area contributed by atoms with E-state index in [9.17, 15) is 9.59 Å². The van der Waals surface area contributed by atoms with Crippen LogP contribution in [0.4, 0.5) is 4.79 Å². The summed E-state index contributed by atoms with van der Waals surface area (Å²) in [6.45, 7) is 0. The molecule has 1 unspecified atom stereocenters. The molecule has 0 aromatic carbocycles. The first-order valence-corrected chi connectivity index (χ1v) is 3.05. The number of hydrogen-bond acceptors (Lipinski definition) is 4. The van der Waals surface area contributed by atoms with Gasteiger partial charge in [0, 0.05) is 0 Å². The van der Waals surface area contributed by atoms with Gasteiger partial charge in [0.15, 0.2) is 5.37 Å². The summed E-state index contributed by atoms with van der Waals surface area (Å²) in [6.07, 6.45) is 0. The fraction of sp³-hybridized carbons (Fsp3) is 0.333. The number of carbonyl (C=O) groups is 2. The fourth-order valence-electron chi connectivity index (χ4n) is 0.449. The summed E-state index contributed by atoms with van der Waals surface area (Å²) in [5.41, 5.74) is 0. The first-order valence-electron chi connectivity index (χ1n) is 2.14. The Morgan fingerprint density at radius 1 is 1.56 bits per heavy atom. The van der Waals surface area contributed by atoms with E-state index in [1.54, 1.807) is 0 Å². The van der Waals surface area contributed by atoms with Gasteiger partial charge >= 0.3 is 6.03 Å². The molecule has 3 amide bonds. The van der Waals surface area contributed by atoms with E-state index in [4.69, 9.17) is 0 Å². The van der Waals surface area contributed by atoms with Gasteiger partial charge in [-0.15, -0.1) is 12.6 Å². The maximum absolute atomic E-state index is 10.5. The molecule has 9 heavy (non-hydrogen) atoms. The van der Waals surface area contributed by atoms with Crippen LogP contribution in [0.2, 0.25) is 0 Å². The minimum Gasteiger partial charge on any atom is -0.275 e. The van der Waals surface area contributed by atoms with Crippen molar-refractivity contribution in [3.63, 3.8) is 0 Å². The molecule has 0 bridgehead atoms. The second-order valence-corrected chi connectivity index (χ2v) is 2.43. The monoisotopic (exact) mass is 164 g/mol. The van der Waals surface area contributed by atoms with E-state index in [0.29, 0.717) is 0 Å². The molecule has 0 spiro atoms. The number of rotatable bonds is 0. The van der Waals surface area contributed by atoms with Gasteiger partial charge in [-0.1, -0.05) is 12.8 Å². The molecule has 1 atom stereocenters. The molecule has 1 fully saturated rings. The van der Waals surface area contributed by atoms with Crippen LogP contribution in [0, 0.1) is 0 Å². The highest BCUT2D eigenvalue weighted by atomic mass is 32.1. The van der Waals surface area contributed by atoms with Gasteiger partial charge in [-0.2, -0.15) is 0 Å². The highest BCUT2D eigenvalue weighted by molar-refractivity contribution is 7.84. The minimum atomic E-state index is -0.749. The lowest BCUT2D eigenvalue weighted by Gasteiger charge is -2.06.